The Hall–Kier alpha value is -0.650. The molecule has 0 bridgehead atoms. The lowest BCUT2D eigenvalue weighted by Gasteiger charge is -2.47. The fourth-order valence-corrected chi connectivity index (χ4v) is 1.72. The molecule has 0 aliphatic heterocycles. The Bertz CT molecular complexity index is 205. The maximum atomic E-state index is 10.9. The van der Waals surface area contributed by atoms with E-state index >= 15 is 0 Å². The smallest absolute Gasteiger partial charge is 0.217 e. The van der Waals surface area contributed by atoms with Crippen molar-refractivity contribution >= 4 is 5.91 Å². The van der Waals surface area contributed by atoms with Crippen LogP contribution in [0.5, 0.6) is 0 Å². The van der Waals surface area contributed by atoms with Gasteiger partial charge in [0.1, 0.15) is 6.79 Å². The molecule has 1 amide bonds. The summed E-state index contributed by atoms with van der Waals surface area (Å²) in [6.07, 6.45) is 1.44. The van der Waals surface area contributed by atoms with Gasteiger partial charge < -0.3 is 19.9 Å². The van der Waals surface area contributed by atoms with Crippen molar-refractivity contribution in [3.8, 4) is 0 Å². The predicted octanol–water partition coefficient (Wildman–Crippen LogP) is -0.364. The lowest BCUT2D eigenvalue weighted by molar-refractivity contribution is -0.159. The maximum absolute atomic E-state index is 10.9. The number of aliphatic hydroxyl groups is 1. The molecular formula is C9H17NO4. The number of carbonyl (C=O) groups excluding carboxylic acids is 1. The summed E-state index contributed by atoms with van der Waals surface area (Å²) in [7, 11) is 1.54. The van der Waals surface area contributed by atoms with Gasteiger partial charge in [-0.1, -0.05) is 0 Å². The van der Waals surface area contributed by atoms with Gasteiger partial charge in [0.25, 0.3) is 0 Å². The Morgan fingerprint density at radius 2 is 2.43 bits per heavy atom. The van der Waals surface area contributed by atoms with Gasteiger partial charge in [0.2, 0.25) is 5.91 Å². The first-order chi connectivity index (χ1) is 6.64. The molecule has 0 saturated heterocycles. The molecule has 0 heterocycles. The molecule has 82 valence electrons. The topological polar surface area (TPSA) is 67.8 Å². The fraction of sp³-hybridized carbons (Fsp3) is 0.889. The molecule has 2 atom stereocenters. The van der Waals surface area contributed by atoms with Crippen molar-refractivity contribution in [2.75, 3.05) is 20.5 Å². The van der Waals surface area contributed by atoms with E-state index in [4.69, 9.17) is 9.47 Å². The van der Waals surface area contributed by atoms with Crippen LogP contribution in [0, 0.1) is 0 Å². The highest BCUT2D eigenvalue weighted by molar-refractivity contribution is 5.74. The van der Waals surface area contributed by atoms with Crippen molar-refractivity contribution in [3.63, 3.8) is 0 Å². The van der Waals surface area contributed by atoms with Crippen LogP contribution < -0.4 is 5.32 Å². The number of hydrogen-bond acceptors (Lipinski definition) is 4. The molecule has 0 aromatic carbocycles. The lowest BCUT2D eigenvalue weighted by Crippen LogP contribution is -2.66. The second-order valence-corrected chi connectivity index (χ2v) is 3.60. The molecule has 5 heteroatoms. The molecule has 5 nitrogen and oxygen atoms in total. The minimum atomic E-state index is -0.593. The number of aliphatic hydroxyl groups excluding tert-OH is 1. The Balaban J connectivity index is 2.48. The number of hydrogen-bond donors (Lipinski definition) is 2. The van der Waals surface area contributed by atoms with Crippen molar-refractivity contribution < 1.29 is 19.4 Å². The molecule has 1 fully saturated rings. The Kier molecular flexibility index (Phi) is 3.86. The Morgan fingerprint density at radius 3 is 2.79 bits per heavy atom. The second kappa shape index (κ2) is 4.72. The summed E-state index contributed by atoms with van der Waals surface area (Å²) in [4.78, 5) is 10.9. The summed E-state index contributed by atoms with van der Waals surface area (Å²) in [6, 6.07) is 0. The number of rotatable bonds is 5. The van der Waals surface area contributed by atoms with E-state index in [0.29, 0.717) is 0 Å². The number of amides is 1. The summed E-state index contributed by atoms with van der Waals surface area (Å²) in [5, 5.41) is 12.0. The number of carbonyl (C=O) groups is 1. The van der Waals surface area contributed by atoms with E-state index in [-0.39, 0.29) is 25.4 Å². The summed E-state index contributed by atoms with van der Waals surface area (Å²) in [5.74, 6) is -0.148. The zero-order valence-corrected chi connectivity index (χ0v) is 8.58. The molecule has 14 heavy (non-hydrogen) atoms. The van der Waals surface area contributed by atoms with Gasteiger partial charge >= 0.3 is 0 Å². The summed E-state index contributed by atoms with van der Waals surface area (Å²) in [5.41, 5.74) is -0.593. The van der Waals surface area contributed by atoms with Crippen molar-refractivity contribution in [3.05, 3.63) is 0 Å². The first kappa shape index (κ1) is 11.4. The highest BCUT2D eigenvalue weighted by Gasteiger charge is 2.48. The number of nitrogens with one attached hydrogen (secondary N) is 1. The lowest BCUT2D eigenvalue weighted by atomic mass is 9.74. The van der Waals surface area contributed by atoms with Gasteiger partial charge in [-0.2, -0.15) is 0 Å². The van der Waals surface area contributed by atoms with Gasteiger partial charge in [0.05, 0.1) is 18.2 Å². The van der Waals surface area contributed by atoms with Crippen LogP contribution in [0.3, 0.4) is 0 Å². The third-order valence-corrected chi connectivity index (χ3v) is 2.56. The first-order valence-corrected chi connectivity index (χ1v) is 4.65. The molecular weight excluding hydrogens is 186 g/mol. The molecule has 0 spiro atoms. The van der Waals surface area contributed by atoms with Crippen molar-refractivity contribution in [1.29, 1.82) is 0 Å². The maximum Gasteiger partial charge on any atom is 0.217 e. The Labute approximate surface area is 83.4 Å². The van der Waals surface area contributed by atoms with Crippen LogP contribution in [0.15, 0.2) is 0 Å². The monoisotopic (exact) mass is 203 g/mol. The van der Waals surface area contributed by atoms with E-state index in [1.165, 1.54) is 14.0 Å². The third kappa shape index (κ3) is 2.23. The SMILES string of the molecule is COCO[C@@H]1CC[C@@]1(CO)NC(C)=O. The molecule has 1 saturated carbocycles. The molecule has 0 radical (unpaired) electrons. The first-order valence-electron chi connectivity index (χ1n) is 4.65. The van der Waals surface area contributed by atoms with Crippen molar-refractivity contribution in [2.24, 2.45) is 0 Å². The normalized spacial score (nSPS) is 30.9. The highest BCUT2D eigenvalue weighted by Crippen LogP contribution is 2.34. The van der Waals surface area contributed by atoms with Crippen LogP contribution in [0.25, 0.3) is 0 Å². The zero-order valence-electron chi connectivity index (χ0n) is 8.58. The van der Waals surface area contributed by atoms with E-state index in [1.54, 1.807) is 0 Å². The second-order valence-electron chi connectivity index (χ2n) is 3.60. The van der Waals surface area contributed by atoms with E-state index in [0.717, 1.165) is 12.8 Å². The van der Waals surface area contributed by atoms with Crippen LogP contribution in [0.1, 0.15) is 19.8 Å². The van der Waals surface area contributed by atoms with Crippen molar-refractivity contribution in [1.82, 2.24) is 5.32 Å². The summed E-state index contributed by atoms with van der Waals surface area (Å²) in [6.45, 7) is 1.52. The molecule has 0 unspecified atom stereocenters. The molecule has 2 N–H and O–H groups in total. The average molecular weight is 203 g/mol. The van der Waals surface area contributed by atoms with E-state index in [2.05, 4.69) is 5.32 Å². The van der Waals surface area contributed by atoms with Crippen LogP contribution >= 0.6 is 0 Å². The van der Waals surface area contributed by atoms with Gasteiger partial charge in [-0.25, -0.2) is 0 Å². The zero-order chi connectivity index (χ0) is 10.6. The molecule has 1 aliphatic rings. The number of methoxy groups -OCH3 is 1. The standard InChI is InChI=1S/C9H17NO4/c1-7(12)10-9(5-11)4-3-8(9)14-6-13-2/h8,11H,3-6H2,1-2H3,(H,10,12)/t8-,9+/m1/s1. The van der Waals surface area contributed by atoms with Gasteiger partial charge in [-0.05, 0) is 12.8 Å². The average Bonchev–Trinajstić information content (AvgIpc) is 2.12. The molecule has 1 rings (SSSR count). The van der Waals surface area contributed by atoms with Crippen molar-refractivity contribution in [2.45, 2.75) is 31.4 Å². The summed E-state index contributed by atoms with van der Waals surface area (Å²) < 4.78 is 10.1. The van der Waals surface area contributed by atoms with Gasteiger partial charge in [-0.15, -0.1) is 0 Å². The molecule has 0 aromatic heterocycles. The number of ether oxygens (including phenoxy) is 2. The van der Waals surface area contributed by atoms with Gasteiger partial charge in [0.15, 0.2) is 0 Å². The van der Waals surface area contributed by atoms with E-state index in [9.17, 15) is 9.90 Å². The highest BCUT2D eigenvalue weighted by atomic mass is 16.7. The van der Waals surface area contributed by atoms with Gasteiger partial charge in [0, 0.05) is 14.0 Å². The Morgan fingerprint density at radius 1 is 1.71 bits per heavy atom. The van der Waals surface area contributed by atoms with Gasteiger partial charge in [-0.3, -0.25) is 4.79 Å². The van der Waals surface area contributed by atoms with Crippen LogP contribution in [-0.2, 0) is 14.3 Å². The minimum Gasteiger partial charge on any atom is -0.394 e. The molecule has 0 aromatic rings. The van der Waals surface area contributed by atoms with Crippen LogP contribution in [-0.4, -0.2) is 43.2 Å². The summed E-state index contributed by atoms with van der Waals surface area (Å²) >= 11 is 0. The van der Waals surface area contributed by atoms with Crippen LogP contribution in [0.4, 0.5) is 0 Å². The van der Waals surface area contributed by atoms with E-state index < -0.39 is 5.54 Å². The predicted molar refractivity (Wildman–Crippen MR) is 49.6 cm³/mol. The molecule has 1 aliphatic carbocycles. The minimum absolute atomic E-state index is 0.0963. The van der Waals surface area contributed by atoms with Crippen LogP contribution in [0.2, 0.25) is 0 Å². The fourth-order valence-electron chi connectivity index (χ4n) is 1.72. The van der Waals surface area contributed by atoms with E-state index in [1.807, 2.05) is 0 Å². The largest absolute Gasteiger partial charge is 0.394 e. The third-order valence-electron chi connectivity index (χ3n) is 2.56. The quantitative estimate of drug-likeness (QED) is 0.599.